The highest BCUT2D eigenvalue weighted by Gasteiger charge is 2.15. The van der Waals surface area contributed by atoms with E-state index in [1.807, 2.05) is 0 Å². The van der Waals surface area contributed by atoms with Crippen LogP contribution in [0.15, 0.2) is 36.1 Å². The van der Waals surface area contributed by atoms with Crippen LogP contribution in [0.4, 0.5) is 0 Å². The van der Waals surface area contributed by atoms with Crippen molar-refractivity contribution in [3.8, 4) is 0 Å². The van der Waals surface area contributed by atoms with Gasteiger partial charge in [0.05, 0.1) is 12.7 Å². The standard InChI is InChI=1S/C12H16O4/c1-6-7-10(9(4)12(14)15-5)16-11(13)8(2)3/h6H,1-2,7H2,3-5H3. The van der Waals surface area contributed by atoms with Crippen molar-refractivity contribution < 1.29 is 19.1 Å². The summed E-state index contributed by atoms with van der Waals surface area (Å²) in [5, 5.41) is 0. The number of methoxy groups -OCH3 is 1. The molecule has 0 aliphatic rings. The van der Waals surface area contributed by atoms with Gasteiger partial charge in [0.15, 0.2) is 0 Å². The maximum absolute atomic E-state index is 11.3. The van der Waals surface area contributed by atoms with Crippen molar-refractivity contribution in [3.05, 3.63) is 36.1 Å². The van der Waals surface area contributed by atoms with E-state index in [4.69, 9.17) is 4.74 Å². The fourth-order valence-corrected chi connectivity index (χ4v) is 0.868. The van der Waals surface area contributed by atoms with E-state index in [1.165, 1.54) is 27.0 Å². The lowest BCUT2D eigenvalue weighted by atomic mass is 10.2. The molecule has 0 heterocycles. The summed E-state index contributed by atoms with van der Waals surface area (Å²) in [6, 6.07) is 0. The van der Waals surface area contributed by atoms with Crippen molar-refractivity contribution in [1.29, 1.82) is 0 Å². The minimum atomic E-state index is -0.569. The van der Waals surface area contributed by atoms with Crippen LogP contribution in [0.5, 0.6) is 0 Å². The van der Waals surface area contributed by atoms with E-state index in [-0.39, 0.29) is 23.3 Å². The molecule has 0 rings (SSSR count). The number of rotatable bonds is 5. The van der Waals surface area contributed by atoms with Crippen LogP contribution in [0, 0.1) is 0 Å². The van der Waals surface area contributed by atoms with Crippen LogP contribution < -0.4 is 0 Å². The summed E-state index contributed by atoms with van der Waals surface area (Å²) in [5.41, 5.74) is 0.510. The molecule has 4 nitrogen and oxygen atoms in total. The Morgan fingerprint density at radius 2 is 1.81 bits per heavy atom. The summed E-state index contributed by atoms with van der Waals surface area (Å²) in [6.07, 6.45) is 1.81. The van der Waals surface area contributed by atoms with Gasteiger partial charge >= 0.3 is 11.9 Å². The van der Waals surface area contributed by atoms with Gasteiger partial charge in [-0.3, -0.25) is 0 Å². The molecular formula is C12H16O4. The van der Waals surface area contributed by atoms with Crippen LogP contribution in [-0.4, -0.2) is 19.0 Å². The van der Waals surface area contributed by atoms with Crippen molar-refractivity contribution in [2.24, 2.45) is 0 Å². The molecule has 0 unspecified atom stereocenters. The summed E-state index contributed by atoms with van der Waals surface area (Å²) in [5.74, 6) is -0.874. The fraction of sp³-hybridized carbons (Fsp3) is 0.333. The van der Waals surface area contributed by atoms with Crippen molar-refractivity contribution in [3.63, 3.8) is 0 Å². The normalized spacial score (nSPS) is 11.2. The van der Waals surface area contributed by atoms with Gasteiger partial charge in [-0.25, -0.2) is 9.59 Å². The highest BCUT2D eigenvalue weighted by Crippen LogP contribution is 2.14. The second kappa shape index (κ2) is 6.61. The summed E-state index contributed by atoms with van der Waals surface area (Å²) < 4.78 is 9.54. The van der Waals surface area contributed by atoms with Gasteiger partial charge < -0.3 is 9.47 Å². The Kier molecular flexibility index (Phi) is 5.85. The Hall–Kier alpha value is -1.84. The topological polar surface area (TPSA) is 52.6 Å². The molecule has 0 aromatic carbocycles. The van der Waals surface area contributed by atoms with Crippen LogP contribution in [0.2, 0.25) is 0 Å². The Balaban J connectivity index is 4.99. The van der Waals surface area contributed by atoms with Gasteiger partial charge in [-0.1, -0.05) is 12.7 Å². The number of allylic oxidation sites excluding steroid dienone is 1. The lowest BCUT2D eigenvalue weighted by Gasteiger charge is -2.09. The van der Waals surface area contributed by atoms with Gasteiger partial charge in [-0.2, -0.15) is 0 Å². The van der Waals surface area contributed by atoms with Crippen molar-refractivity contribution in [2.45, 2.75) is 20.3 Å². The molecule has 0 atom stereocenters. The lowest BCUT2D eigenvalue weighted by molar-refractivity contribution is -0.137. The second-order valence-electron chi connectivity index (χ2n) is 3.20. The summed E-state index contributed by atoms with van der Waals surface area (Å²) in [6.45, 7) is 10.0. The molecule has 0 aliphatic carbocycles. The minimum absolute atomic E-state index is 0.231. The van der Waals surface area contributed by atoms with Crippen LogP contribution in [0.1, 0.15) is 20.3 Å². The predicted octanol–water partition coefficient (Wildman–Crippen LogP) is 2.13. The van der Waals surface area contributed by atoms with E-state index in [9.17, 15) is 9.59 Å². The highest BCUT2D eigenvalue weighted by atomic mass is 16.5. The van der Waals surface area contributed by atoms with Gasteiger partial charge in [0.25, 0.3) is 0 Å². The van der Waals surface area contributed by atoms with Gasteiger partial charge in [-0.05, 0) is 13.8 Å². The van der Waals surface area contributed by atoms with Crippen molar-refractivity contribution in [1.82, 2.24) is 0 Å². The van der Waals surface area contributed by atoms with Gasteiger partial charge in [0.1, 0.15) is 5.76 Å². The summed E-state index contributed by atoms with van der Waals surface area (Å²) >= 11 is 0. The quantitative estimate of drug-likeness (QED) is 0.311. The van der Waals surface area contributed by atoms with Gasteiger partial charge in [0, 0.05) is 12.0 Å². The predicted molar refractivity (Wildman–Crippen MR) is 60.4 cm³/mol. The SMILES string of the molecule is C=CCC(OC(=O)C(=C)C)=C(C)C(=O)OC. The summed E-state index contributed by atoms with van der Waals surface area (Å²) in [4.78, 5) is 22.6. The molecule has 0 amide bonds. The Bertz CT molecular complexity index is 350. The molecule has 0 spiro atoms. The van der Waals surface area contributed by atoms with E-state index in [2.05, 4.69) is 17.9 Å². The number of ether oxygens (including phenoxy) is 2. The monoisotopic (exact) mass is 224 g/mol. The second-order valence-corrected chi connectivity index (χ2v) is 3.20. The molecule has 0 bridgehead atoms. The molecule has 0 aliphatic heterocycles. The first-order valence-corrected chi connectivity index (χ1v) is 4.70. The van der Waals surface area contributed by atoms with E-state index >= 15 is 0 Å². The first-order chi connectivity index (χ1) is 7.43. The van der Waals surface area contributed by atoms with Crippen LogP contribution in [0.3, 0.4) is 0 Å². The van der Waals surface area contributed by atoms with Crippen LogP contribution in [0.25, 0.3) is 0 Å². The maximum atomic E-state index is 11.3. The largest absolute Gasteiger partial charge is 0.466 e. The van der Waals surface area contributed by atoms with E-state index in [1.54, 1.807) is 0 Å². The summed E-state index contributed by atoms with van der Waals surface area (Å²) in [7, 11) is 1.26. The Morgan fingerprint density at radius 1 is 1.25 bits per heavy atom. The molecule has 16 heavy (non-hydrogen) atoms. The number of carbonyl (C=O) groups excluding carboxylic acids is 2. The molecule has 88 valence electrons. The van der Waals surface area contributed by atoms with Gasteiger partial charge in [0.2, 0.25) is 0 Å². The molecule has 0 aromatic rings. The molecule has 0 saturated carbocycles. The fourth-order valence-electron chi connectivity index (χ4n) is 0.868. The zero-order chi connectivity index (χ0) is 12.7. The lowest BCUT2D eigenvalue weighted by Crippen LogP contribution is -2.11. The average molecular weight is 224 g/mol. The van der Waals surface area contributed by atoms with Crippen molar-refractivity contribution >= 4 is 11.9 Å². The molecule has 0 radical (unpaired) electrons. The zero-order valence-corrected chi connectivity index (χ0v) is 9.83. The molecule has 0 fully saturated rings. The van der Waals surface area contributed by atoms with Crippen LogP contribution >= 0.6 is 0 Å². The van der Waals surface area contributed by atoms with Gasteiger partial charge in [-0.15, -0.1) is 6.58 Å². The molecule has 0 saturated heterocycles. The number of esters is 2. The maximum Gasteiger partial charge on any atom is 0.338 e. The number of hydrogen-bond donors (Lipinski definition) is 0. The average Bonchev–Trinajstić information content (AvgIpc) is 2.26. The van der Waals surface area contributed by atoms with Crippen molar-refractivity contribution in [2.75, 3.05) is 7.11 Å². The molecule has 0 aromatic heterocycles. The van der Waals surface area contributed by atoms with E-state index in [0.717, 1.165) is 0 Å². The number of carbonyl (C=O) groups is 2. The third kappa shape index (κ3) is 4.13. The Morgan fingerprint density at radius 3 is 2.19 bits per heavy atom. The minimum Gasteiger partial charge on any atom is -0.466 e. The number of hydrogen-bond acceptors (Lipinski definition) is 4. The highest BCUT2D eigenvalue weighted by molar-refractivity contribution is 5.91. The first-order valence-electron chi connectivity index (χ1n) is 4.70. The zero-order valence-electron chi connectivity index (χ0n) is 9.83. The van der Waals surface area contributed by atoms with E-state index < -0.39 is 11.9 Å². The smallest absolute Gasteiger partial charge is 0.338 e. The van der Waals surface area contributed by atoms with Crippen LogP contribution in [-0.2, 0) is 19.1 Å². The Labute approximate surface area is 95.2 Å². The third-order valence-corrected chi connectivity index (χ3v) is 1.80. The van der Waals surface area contributed by atoms with E-state index in [0.29, 0.717) is 0 Å². The molecule has 0 N–H and O–H groups in total. The first kappa shape index (κ1) is 14.2. The third-order valence-electron chi connectivity index (χ3n) is 1.80. The molecular weight excluding hydrogens is 208 g/mol. The molecule has 4 heteroatoms.